The van der Waals surface area contributed by atoms with Crippen molar-refractivity contribution in [3.8, 4) is 22.8 Å². The molecule has 5 rings (SSSR count). The highest BCUT2D eigenvalue weighted by atomic mass is 19.2. The second kappa shape index (κ2) is 11.8. The molecule has 0 saturated carbocycles. The number of rotatable bonds is 9. The molecule has 0 radical (unpaired) electrons. The highest BCUT2D eigenvalue weighted by Gasteiger charge is 2.26. The first-order chi connectivity index (χ1) is 19.8. The minimum absolute atomic E-state index is 0.0109. The Morgan fingerprint density at radius 2 is 1.76 bits per heavy atom. The van der Waals surface area contributed by atoms with Crippen molar-refractivity contribution < 1.29 is 23.0 Å². The number of nitrogens with one attached hydrogen (secondary N) is 1. The molecule has 2 aromatic carbocycles. The Labute approximate surface area is 234 Å². The number of aromatic nitrogens is 3. The Hall–Kier alpha value is -4.67. The van der Waals surface area contributed by atoms with Gasteiger partial charge in [-0.05, 0) is 56.2 Å². The van der Waals surface area contributed by atoms with Gasteiger partial charge in [-0.2, -0.15) is 14.6 Å². The second-order valence-electron chi connectivity index (χ2n) is 9.88. The maximum Gasteiger partial charge on any atom is 0.266 e. The lowest BCUT2D eigenvalue weighted by molar-refractivity contribution is -0.121. The summed E-state index contributed by atoms with van der Waals surface area (Å²) in [7, 11) is 1.59. The van der Waals surface area contributed by atoms with E-state index in [1.165, 1.54) is 22.9 Å². The zero-order valence-electron chi connectivity index (χ0n) is 22.9. The Morgan fingerprint density at radius 3 is 2.54 bits per heavy atom. The normalized spacial score (nSPS) is 15.0. The number of aryl methyl sites for hydroxylation is 2. The zero-order chi connectivity index (χ0) is 29.1. The number of pyridine rings is 1. The van der Waals surface area contributed by atoms with Crippen LogP contribution in [0.5, 0.6) is 11.5 Å². The van der Waals surface area contributed by atoms with Crippen LogP contribution in [0.4, 0.5) is 8.78 Å². The molecule has 0 spiro atoms. The number of hydrogen-bond donors (Lipinski definition) is 1. The first-order valence-corrected chi connectivity index (χ1v) is 13.3. The Balaban J connectivity index is 1.24. The van der Waals surface area contributed by atoms with Crippen molar-refractivity contribution in [3.05, 3.63) is 81.8 Å². The molecule has 1 aliphatic heterocycles. The number of unbranched alkanes of at least 4 members (excludes halogenated alkanes) is 1. The van der Waals surface area contributed by atoms with Crippen LogP contribution >= 0.6 is 0 Å². The summed E-state index contributed by atoms with van der Waals surface area (Å²) in [5.74, 6) is -2.37. The summed E-state index contributed by atoms with van der Waals surface area (Å²) in [6.45, 7) is 4.07. The summed E-state index contributed by atoms with van der Waals surface area (Å²) in [6.07, 6.45) is 1.15. The van der Waals surface area contributed by atoms with Crippen LogP contribution in [-0.2, 0) is 11.3 Å². The van der Waals surface area contributed by atoms with E-state index in [-0.39, 0.29) is 47.4 Å². The van der Waals surface area contributed by atoms with Crippen molar-refractivity contribution in [2.75, 3.05) is 13.7 Å². The number of methoxy groups -OCH3 is 1. The summed E-state index contributed by atoms with van der Waals surface area (Å²) in [5, 5.41) is 9.32. The van der Waals surface area contributed by atoms with Gasteiger partial charge in [0.2, 0.25) is 11.7 Å². The van der Waals surface area contributed by atoms with E-state index in [9.17, 15) is 18.4 Å². The van der Waals surface area contributed by atoms with Gasteiger partial charge in [0.25, 0.3) is 5.56 Å². The lowest BCUT2D eigenvalue weighted by Crippen LogP contribution is -2.32. The summed E-state index contributed by atoms with van der Waals surface area (Å²) in [4.78, 5) is 28.6. The quantitative estimate of drug-likeness (QED) is 0.295. The summed E-state index contributed by atoms with van der Waals surface area (Å²) in [5.41, 5.74) is 5.34. The SMILES string of the molecule is COc1ccc(-c2ccc(=O)n(CCCCOc3ccc(C4=NNC(=O)CC4C)c(F)c3F)n2)c2ccc(C)nc12. The Morgan fingerprint density at radius 1 is 0.976 bits per heavy atom. The van der Waals surface area contributed by atoms with E-state index in [0.717, 1.165) is 16.6 Å². The molecule has 2 aromatic heterocycles. The molecular weight excluding hydrogens is 532 g/mol. The van der Waals surface area contributed by atoms with Crippen LogP contribution in [0.1, 0.15) is 37.4 Å². The molecule has 0 bridgehead atoms. The first kappa shape index (κ1) is 27.9. The number of benzene rings is 2. The fourth-order valence-corrected chi connectivity index (χ4v) is 4.80. The van der Waals surface area contributed by atoms with Crippen molar-refractivity contribution in [2.24, 2.45) is 11.0 Å². The van der Waals surface area contributed by atoms with Gasteiger partial charge in [-0.3, -0.25) is 9.59 Å². The molecule has 9 nitrogen and oxygen atoms in total. The third-order valence-electron chi connectivity index (χ3n) is 6.93. The van der Waals surface area contributed by atoms with Gasteiger partial charge in [0, 0.05) is 47.2 Å². The van der Waals surface area contributed by atoms with Crippen LogP contribution in [-0.4, -0.2) is 40.1 Å². The van der Waals surface area contributed by atoms with Crippen LogP contribution < -0.4 is 20.5 Å². The van der Waals surface area contributed by atoms with E-state index in [1.807, 2.05) is 31.2 Å². The molecule has 0 saturated heterocycles. The van der Waals surface area contributed by atoms with Crippen molar-refractivity contribution in [3.63, 3.8) is 0 Å². The maximum absolute atomic E-state index is 14.8. The predicted octanol–water partition coefficient (Wildman–Crippen LogP) is 4.77. The smallest absolute Gasteiger partial charge is 0.266 e. The lowest BCUT2D eigenvalue weighted by atomic mass is 9.93. The molecule has 212 valence electrons. The fraction of sp³-hybridized carbons (Fsp3) is 0.300. The van der Waals surface area contributed by atoms with Gasteiger partial charge in [0.1, 0.15) is 11.3 Å². The van der Waals surface area contributed by atoms with Gasteiger partial charge in [-0.15, -0.1) is 0 Å². The molecule has 3 heterocycles. The van der Waals surface area contributed by atoms with E-state index in [2.05, 4.69) is 20.6 Å². The largest absolute Gasteiger partial charge is 0.494 e. The number of carbonyl (C=O) groups is 1. The third kappa shape index (κ3) is 5.79. The number of hydrogen-bond acceptors (Lipinski definition) is 7. The van der Waals surface area contributed by atoms with E-state index in [1.54, 1.807) is 20.1 Å². The van der Waals surface area contributed by atoms with Crippen molar-refractivity contribution in [2.45, 2.75) is 39.7 Å². The van der Waals surface area contributed by atoms with Crippen molar-refractivity contribution in [1.29, 1.82) is 0 Å². The standard InChI is InChI=1S/C30H29F2N5O4/c1-17-16-25(38)34-35-29(17)21-9-11-23(28(32)27(21)31)41-15-5-4-14-37-26(39)13-10-22(36-37)19-8-12-24(40-3)30-20(19)7-6-18(2)33-30/h6-13,17H,4-5,14-16H2,1-3H3,(H,34,38). The Kier molecular flexibility index (Phi) is 8.04. The van der Waals surface area contributed by atoms with Crippen LogP contribution in [0.3, 0.4) is 0 Å². The topological polar surface area (TPSA) is 108 Å². The molecule has 1 atom stereocenters. The van der Waals surface area contributed by atoms with Gasteiger partial charge < -0.3 is 9.47 Å². The van der Waals surface area contributed by atoms with Crippen molar-refractivity contribution >= 4 is 22.5 Å². The number of carbonyl (C=O) groups excluding carboxylic acids is 1. The molecule has 0 aliphatic carbocycles. The number of amides is 1. The molecular formula is C30H29F2N5O4. The fourth-order valence-electron chi connectivity index (χ4n) is 4.80. The van der Waals surface area contributed by atoms with Crippen LogP contribution in [0, 0.1) is 24.5 Å². The minimum Gasteiger partial charge on any atom is -0.494 e. The summed E-state index contributed by atoms with van der Waals surface area (Å²) >= 11 is 0. The van der Waals surface area contributed by atoms with Gasteiger partial charge in [0.15, 0.2) is 11.6 Å². The molecule has 0 fully saturated rings. The minimum atomic E-state index is -1.11. The lowest BCUT2D eigenvalue weighted by Gasteiger charge is -2.20. The van der Waals surface area contributed by atoms with E-state index in [0.29, 0.717) is 36.3 Å². The summed E-state index contributed by atoms with van der Waals surface area (Å²) < 4.78 is 41.9. The molecule has 4 aromatic rings. The third-order valence-corrected chi connectivity index (χ3v) is 6.93. The number of halogens is 2. The van der Waals surface area contributed by atoms with Gasteiger partial charge in [-0.1, -0.05) is 13.0 Å². The Bertz CT molecular complexity index is 1720. The van der Waals surface area contributed by atoms with E-state index in [4.69, 9.17) is 9.47 Å². The van der Waals surface area contributed by atoms with Crippen LogP contribution in [0.15, 0.2) is 58.4 Å². The van der Waals surface area contributed by atoms with E-state index >= 15 is 0 Å². The maximum atomic E-state index is 14.8. The van der Waals surface area contributed by atoms with Crippen LogP contribution in [0.2, 0.25) is 0 Å². The molecule has 1 amide bonds. The number of ether oxygens (including phenoxy) is 2. The number of fused-ring (bicyclic) bond motifs is 1. The van der Waals surface area contributed by atoms with Crippen LogP contribution in [0.25, 0.3) is 22.2 Å². The van der Waals surface area contributed by atoms with Crippen molar-refractivity contribution in [1.82, 2.24) is 20.2 Å². The highest BCUT2D eigenvalue weighted by molar-refractivity contribution is 6.06. The molecule has 1 N–H and O–H groups in total. The molecule has 1 aliphatic rings. The molecule has 1 unspecified atom stereocenters. The number of nitrogens with zero attached hydrogens (tertiary/aromatic N) is 4. The highest BCUT2D eigenvalue weighted by Crippen LogP contribution is 2.32. The van der Waals surface area contributed by atoms with Gasteiger partial charge >= 0.3 is 0 Å². The van der Waals surface area contributed by atoms with Gasteiger partial charge in [0.05, 0.1) is 25.1 Å². The second-order valence-corrected chi connectivity index (χ2v) is 9.88. The first-order valence-electron chi connectivity index (χ1n) is 13.3. The average Bonchev–Trinajstić information content (AvgIpc) is 2.96. The monoisotopic (exact) mass is 561 g/mol. The van der Waals surface area contributed by atoms with E-state index < -0.39 is 11.6 Å². The average molecular weight is 562 g/mol. The zero-order valence-corrected chi connectivity index (χ0v) is 22.9. The molecule has 11 heteroatoms. The van der Waals surface area contributed by atoms with Gasteiger partial charge in [-0.25, -0.2) is 19.5 Å². The molecule has 41 heavy (non-hydrogen) atoms. The summed E-state index contributed by atoms with van der Waals surface area (Å²) in [6, 6.07) is 13.5. The predicted molar refractivity (Wildman–Crippen MR) is 150 cm³/mol. The number of hydrazone groups is 1.